The molecule has 27 heavy (non-hydrogen) atoms. The van der Waals surface area contributed by atoms with Crippen molar-refractivity contribution in [3.8, 4) is 0 Å². The molecule has 2 aliphatic rings. The highest BCUT2D eigenvalue weighted by Gasteiger charge is 2.27. The Morgan fingerprint density at radius 1 is 1.11 bits per heavy atom. The van der Waals surface area contributed by atoms with Gasteiger partial charge in [-0.15, -0.1) is 0 Å². The quantitative estimate of drug-likeness (QED) is 0.846. The number of amides is 2. The van der Waals surface area contributed by atoms with E-state index in [0.717, 1.165) is 12.0 Å². The highest BCUT2D eigenvalue weighted by atomic mass is 32.2. The Morgan fingerprint density at radius 3 is 2.52 bits per heavy atom. The third-order valence-corrected chi connectivity index (χ3v) is 6.35. The Kier molecular flexibility index (Phi) is 4.15. The van der Waals surface area contributed by atoms with Gasteiger partial charge in [-0.2, -0.15) is 0 Å². The predicted octanol–water partition coefficient (Wildman–Crippen LogP) is 2.67. The fourth-order valence-corrected chi connectivity index (χ4v) is 4.47. The van der Waals surface area contributed by atoms with Crippen molar-refractivity contribution < 1.29 is 18.0 Å². The molecule has 7 nitrogen and oxygen atoms in total. The summed E-state index contributed by atoms with van der Waals surface area (Å²) in [6.45, 7) is 2.43. The number of hydrogen-bond donors (Lipinski definition) is 2. The molecule has 1 unspecified atom stereocenters. The van der Waals surface area contributed by atoms with E-state index in [-0.39, 0.29) is 22.6 Å². The van der Waals surface area contributed by atoms with Gasteiger partial charge in [-0.25, -0.2) is 8.42 Å². The summed E-state index contributed by atoms with van der Waals surface area (Å²) in [7, 11) is -3.77. The first-order valence-electron chi connectivity index (χ1n) is 8.73. The van der Waals surface area contributed by atoms with E-state index in [4.69, 9.17) is 0 Å². The lowest BCUT2D eigenvalue weighted by molar-refractivity contribution is -0.117. The lowest BCUT2D eigenvalue weighted by Crippen LogP contribution is -2.23. The van der Waals surface area contributed by atoms with E-state index in [0.29, 0.717) is 30.0 Å². The van der Waals surface area contributed by atoms with E-state index >= 15 is 0 Å². The minimum absolute atomic E-state index is 0.0548. The number of nitrogens with zero attached hydrogens (tertiary/aromatic N) is 1. The molecule has 1 fully saturated rings. The summed E-state index contributed by atoms with van der Waals surface area (Å²) < 4.78 is 27.9. The van der Waals surface area contributed by atoms with Gasteiger partial charge >= 0.3 is 0 Å². The van der Waals surface area contributed by atoms with Crippen LogP contribution in [-0.4, -0.2) is 26.8 Å². The second-order valence-electron chi connectivity index (χ2n) is 6.76. The Hall–Kier alpha value is -2.87. The van der Waals surface area contributed by atoms with Crippen molar-refractivity contribution in [3.05, 3.63) is 48.0 Å². The van der Waals surface area contributed by atoms with E-state index in [2.05, 4.69) is 10.0 Å². The monoisotopic (exact) mass is 385 g/mol. The van der Waals surface area contributed by atoms with Crippen molar-refractivity contribution in [1.82, 2.24) is 0 Å². The molecular formula is C19H19N3O4S. The first-order chi connectivity index (χ1) is 12.8. The molecule has 0 aliphatic carbocycles. The summed E-state index contributed by atoms with van der Waals surface area (Å²) in [5, 5.41) is 2.76. The standard InChI is InChI=1S/C19H19N3O4S/c1-12-16-11-13(4-9-17(16)20-19(12)24)21-27(25,26)15-7-5-14(6-8-15)22-10-2-3-18(22)23/h4-9,11-12,21H,2-3,10H2,1H3,(H,20,24). The number of hydrogen-bond acceptors (Lipinski definition) is 4. The molecule has 0 aromatic heterocycles. The van der Waals surface area contributed by atoms with Crippen molar-refractivity contribution in [2.24, 2.45) is 0 Å². The Morgan fingerprint density at radius 2 is 1.85 bits per heavy atom. The van der Waals surface area contributed by atoms with Gasteiger partial charge in [0.15, 0.2) is 0 Å². The van der Waals surface area contributed by atoms with E-state index < -0.39 is 10.0 Å². The number of fused-ring (bicyclic) bond motifs is 1. The van der Waals surface area contributed by atoms with Crippen LogP contribution in [0.3, 0.4) is 0 Å². The third kappa shape index (κ3) is 3.16. The zero-order valence-electron chi connectivity index (χ0n) is 14.7. The molecule has 0 saturated carbocycles. The zero-order valence-corrected chi connectivity index (χ0v) is 15.5. The van der Waals surface area contributed by atoms with Gasteiger partial charge in [-0.1, -0.05) is 0 Å². The average molecular weight is 385 g/mol. The molecule has 2 aromatic carbocycles. The van der Waals surface area contributed by atoms with Crippen LogP contribution in [0.2, 0.25) is 0 Å². The second kappa shape index (κ2) is 6.38. The highest BCUT2D eigenvalue weighted by Crippen LogP contribution is 2.34. The van der Waals surface area contributed by atoms with Crippen LogP contribution in [-0.2, 0) is 19.6 Å². The normalized spacial score (nSPS) is 19.1. The Bertz CT molecular complexity index is 1030. The number of benzene rings is 2. The molecule has 0 bridgehead atoms. The van der Waals surface area contributed by atoms with Crippen molar-refractivity contribution in [2.75, 3.05) is 21.5 Å². The number of carbonyl (C=O) groups excluding carboxylic acids is 2. The van der Waals surface area contributed by atoms with E-state index in [1.807, 2.05) is 0 Å². The molecule has 140 valence electrons. The smallest absolute Gasteiger partial charge is 0.261 e. The van der Waals surface area contributed by atoms with Gasteiger partial charge < -0.3 is 10.2 Å². The fraction of sp³-hybridized carbons (Fsp3) is 0.263. The van der Waals surface area contributed by atoms with Crippen LogP contribution in [0.15, 0.2) is 47.4 Å². The van der Waals surface area contributed by atoms with Gasteiger partial charge in [-0.05, 0) is 61.4 Å². The summed E-state index contributed by atoms with van der Waals surface area (Å²) >= 11 is 0. The van der Waals surface area contributed by atoms with Crippen LogP contribution < -0.4 is 14.9 Å². The molecule has 8 heteroatoms. The maximum atomic E-state index is 12.7. The van der Waals surface area contributed by atoms with Gasteiger partial charge in [0, 0.05) is 30.0 Å². The molecule has 2 aliphatic heterocycles. The Labute approximate surface area is 157 Å². The summed E-state index contributed by atoms with van der Waals surface area (Å²) in [5.41, 5.74) is 2.57. The first kappa shape index (κ1) is 17.5. The van der Waals surface area contributed by atoms with E-state index in [1.165, 1.54) is 12.1 Å². The van der Waals surface area contributed by atoms with Crippen LogP contribution in [0.25, 0.3) is 0 Å². The summed E-state index contributed by atoms with van der Waals surface area (Å²) in [6, 6.07) is 11.3. The van der Waals surface area contributed by atoms with E-state index in [9.17, 15) is 18.0 Å². The number of nitrogens with one attached hydrogen (secondary N) is 2. The number of rotatable bonds is 4. The number of anilines is 3. The van der Waals surface area contributed by atoms with Crippen molar-refractivity contribution in [3.63, 3.8) is 0 Å². The maximum Gasteiger partial charge on any atom is 0.261 e. The van der Waals surface area contributed by atoms with Crippen molar-refractivity contribution >= 4 is 38.9 Å². The summed E-state index contributed by atoms with van der Waals surface area (Å²) in [5.74, 6) is -0.363. The molecule has 2 heterocycles. The van der Waals surface area contributed by atoms with Gasteiger partial charge in [0.1, 0.15) is 0 Å². The lowest BCUT2D eigenvalue weighted by atomic mass is 10.0. The molecule has 1 saturated heterocycles. The van der Waals surface area contributed by atoms with Crippen molar-refractivity contribution in [1.29, 1.82) is 0 Å². The summed E-state index contributed by atoms with van der Waals surface area (Å²) in [6.07, 6.45) is 1.34. The van der Waals surface area contributed by atoms with Crippen LogP contribution >= 0.6 is 0 Å². The fourth-order valence-electron chi connectivity index (χ4n) is 3.42. The highest BCUT2D eigenvalue weighted by molar-refractivity contribution is 7.92. The van der Waals surface area contributed by atoms with Gasteiger partial charge in [0.2, 0.25) is 11.8 Å². The second-order valence-corrected chi connectivity index (χ2v) is 8.44. The molecule has 4 rings (SSSR count). The molecule has 2 aromatic rings. The van der Waals surface area contributed by atoms with Crippen LogP contribution in [0.5, 0.6) is 0 Å². The maximum absolute atomic E-state index is 12.7. The number of sulfonamides is 1. The third-order valence-electron chi connectivity index (χ3n) is 4.95. The topological polar surface area (TPSA) is 95.6 Å². The predicted molar refractivity (Wildman–Crippen MR) is 102 cm³/mol. The SMILES string of the molecule is CC1C(=O)Nc2ccc(NS(=O)(=O)c3ccc(N4CCCC4=O)cc3)cc21. The van der Waals surface area contributed by atoms with Crippen LogP contribution in [0.4, 0.5) is 17.1 Å². The molecule has 2 N–H and O–H groups in total. The number of carbonyl (C=O) groups is 2. The molecule has 0 radical (unpaired) electrons. The van der Waals surface area contributed by atoms with Crippen LogP contribution in [0, 0.1) is 0 Å². The average Bonchev–Trinajstić information content (AvgIpc) is 3.19. The summed E-state index contributed by atoms with van der Waals surface area (Å²) in [4.78, 5) is 25.3. The molecule has 2 amide bonds. The van der Waals surface area contributed by atoms with Crippen molar-refractivity contribution in [2.45, 2.75) is 30.6 Å². The zero-order chi connectivity index (χ0) is 19.2. The largest absolute Gasteiger partial charge is 0.325 e. The lowest BCUT2D eigenvalue weighted by Gasteiger charge is -2.16. The minimum Gasteiger partial charge on any atom is -0.325 e. The molecular weight excluding hydrogens is 366 g/mol. The van der Waals surface area contributed by atoms with Gasteiger partial charge in [0.25, 0.3) is 10.0 Å². The van der Waals surface area contributed by atoms with Gasteiger partial charge in [-0.3, -0.25) is 14.3 Å². The molecule has 1 atom stereocenters. The van der Waals surface area contributed by atoms with E-state index in [1.54, 1.807) is 42.2 Å². The first-order valence-corrected chi connectivity index (χ1v) is 10.2. The Balaban J connectivity index is 1.56. The minimum atomic E-state index is -3.77. The molecule has 0 spiro atoms. The van der Waals surface area contributed by atoms with Crippen LogP contribution in [0.1, 0.15) is 31.2 Å². The van der Waals surface area contributed by atoms with Gasteiger partial charge in [0.05, 0.1) is 10.8 Å².